The van der Waals surface area contributed by atoms with Crippen molar-refractivity contribution >= 4 is 0 Å². The minimum absolute atomic E-state index is 0.177. The van der Waals surface area contributed by atoms with E-state index in [2.05, 4.69) is 10.3 Å². The fourth-order valence-corrected chi connectivity index (χ4v) is 1.54. The Bertz CT molecular complexity index is 345. The quantitative estimate of drug-likeness (QED) is 0.743. The van der Waals surface area contributed by atoms with E-state index in [9.17, 15) is 0 Å². The molecular weight excluding hydrogens is 220 g/mol. The van der Waals surface area contributed by atoms with Gasteiger partial charge >= 0.3 is 0 Å². The average Bonchev–Trinajstić information content (AvgIpc) is 2.36. The number of aromatic nitrogens is 1. The van der Waals surface area contributed by atoms with Gasteiger partial charge in [0.25, 0.3) is 0 Å². The normalized spacial score (nSPS) is 12.2. The summed E-state index contributed by atoms with van der Waals surface area (Å²) in [6, 6.07) is 2.00. The zero-order valence-electron chi connectivity index (χ0n) is 10.6. The Morgan fingerprint density at radius 3 is 2.76 bits per heavy atom. The predicted molar refractivity (Wildman–Crippen MR) is 65.3 cm³/mol. The van der Waals surface area contributed by atoms with Gasteiger partial charge in [0.2, 0.25) is 0 Å². The molecule has 1 aromatic rings. The van der Waals surface area contributed by atoms with Crippen LogP contribution in [0.25, 0.3) is 0 Å². The van der Waals surface area contributed by atoms with Crippen molar-refractivity contribution in [2.24, 2.45) is 0 Å². The summed E-state index contributed by atoms with van der Waals surface area (Å²) in [7, 11) is 3.20. The van der Waals surface area contributed by atoms with Gasteiger partial charge in [-0.15, -0.1) is 0 Å². The van der Waals surface area contributed by atoms with Crippen LogP contribution in [0.4, 0.5) is 0 Å². The summed E-state index contributed by atoms with van der Waals surface area (Å²) in [5.74, 6) is 1.33. The number of methoxy groups -OCH3 is 2. The lowest BCUT2D eigenvalue weighted by Crippen LogP contribution is -2.27. The molecule has 1 unspecified atom stereocenters. The first kappa shape index (κ1) is 13.7. The highest BCUT2D eigenvalue weighted by Gasteiger charge is 2.11. The second-order valence-corrected chi connectivity index (χ2v) is 3.79. The van der Waals surface area contributed by atoms with Gasteiger partial charge in [-0.25, -0.2) is 0 Å². The number of aliphatic hydroxyl groups excluding tert-OH is 1. The molecule has 0 saturated carbocycles. The topological polar surface area (TPSA) is 63.6 Å². The van der Waals surface area contributed by atoms with Gasteiger partial charge < -0.3 is 19.9 Å². The molecule has 0 spiro atoms. The SMILES string of the molecule is COc1ccnc(CNC(C)CCO)c1OC. The highest BCUT2D eigenvalue weighted by atomic mass is 16.5. The van der Waals surface area contributed by atoms with Crippen LogP contribution in [0.15, 0.2) is 12.3 Å². The van der Waals surface area contributed by atoms with E-state index < -0.39 is 0 Å². The van der Waals surface area contributed by atoms with Crippen LogP contribution in [0.5, 0.6) is 11.5 Å². The maximum atomic E-state index is 8.82. The molecule has 1 heterocycles. The van der Waals surface area contributed by atoms with Gasteiger partial charge in [-0.1, -0.05) is 0 Å². The largest absolute Gasteiger partial charge is 0.493 e. The van der Waals surface area contributed by atoms with Crippen LogP contribution in [0.3, 0.4) is 0 Å². The molecule has 1 aromatic heterocycles. The number of nitrogens with zero attached hydrogens (tertiary/aromatic N) is 1. The van der Waals surface area contributed by atoms with Crippen LogP contribution in [0, 0.1) is 0 Å². The first-order chi connectivity index (χ1) is 8.22. The number of rotatable bonds is 7. The molecule has 0 aliphatic carbocycles. The number of hydrogen-bond acceptors (Lipinski definition) is 5. The molecule has 0 aromatic carbocycles. The van der Waals surface area contributed by atoms with Crippen LogP contribution < -0.4 is 14.8 Å². The van der Waals surface area contributed by atoms with Crippen molar-refractivity contribution in [3.8, 4) is 11.5 Å². The molecule has 1 atom stereocenters. The summed E-state index contributed by atoms with van der Waals surface area (Å²) in [5.41, 5.74) is 0.802. The summed E-state index contributed by atoms with van der Waals surface area (Å²) in [6.07, 6.45) is 2.40. The molecule has 5 heteroatoms. The Labute approximate surface area is 102 Å². The van der Waals surface area contributed by atoms with Gasteiger partial charge in [0, 0.05) is 31.5 Å². The van der Waals surface area contributed by atoms with Crippen molar-refractivity contribution in [2.75, 3.05) is 20.8 Å². The smallest absolute Gasteiger partial charge is 0.183 e. The number of pyridine rings is 1. The molecule has 0 aliphatic rings. The van der Waals surface area contributed by atoms with Gasteiger partial charge in [-0.2, -0.15) is 0 Å². The predicted octanol–water partition coefficient (Wildman–Crippen LogP) is 0.959. The summed E-state index contributed by atoms with van der Waals surface area (Å²) in [4.78, 5) is 4.26. The average molecular weight is 240 g/mol. The van der Waals surface area contributed by atoms with Crippen molar-refractivity contribution in [3.05, 3.63) is 18.0 Å². The maximum Gasteiger partial charge on any atom is 0.183 e. The Morgan fingerprint density at radius 2 is 2.18 bits per heavy atom. The molecule has 0 bridgehead atoms. The molecule has 96 valence electrons. The van der Waals surface area contributed by atoms with Crippen LogP contribution in [-0.4, -0.2) is 37.0 Å². The minimum Gasteiger partial charge on any atom is -0.493 e. The third-order valence-corrected chi connectivity index (χ3v) is 2.55. The molecule has 17 heavy (non-hydrogen) atoms. The second-order valence-electron chi connectivity index (χ2n) is 3.79. The lowest BCUT2D eigenvalue weighted by atomic mass is 10.2. The van der Waals surface area contributed by atoms with E-state index >= 15 is 0 Å². The van der Waals surface area contributed by atoms with E-state index in [4.69, 9.17) is 14.6 Å². The molecule has 0 amide bonds. The van der Waals surface area contributed by atoms with Gasteiger partial charge in [0.05, 0.1) is 19.9 Å². The first-order valence-electron chi connectivity index (χ1n) is 5.63. The molecule has 0 saturated heterocycles. The zero-order valence-corrected chi connectivity index (χ0v) is 10.6. The van der Waals surface area contributed by atoms with Gasteiger partial charge in [-0.05, 0) is 13.3 Å². The van der Waals surface area contributed by atoms with Crippen LogP contribution in [-0.2, 0) is 6.54 Å². The van der Waals surface area contributed by atoms with E-state index in [0.717, 1.165) is 5.69 Å². The number of hydrogen-bond donors (Lipinski definition) is 2. The lowest BCUT2D eigenvalue weighted by molar-refractivity contribution is 0.268. The maximum absolute atomic E-state index is 8.82. The first-order valence-corrected chi connectivity index (χ1v) is 5.63. The van der Waals surface area contributed by atoms with Gasteiger partial charge in [0.1, 0.15) is 0 Å². The molecule has 0 radical (unpaired) electrons. The van der Waals surface area contributed by atoms with Crippen LogP contribution >= 0.6 is 0 Å². The van der Waals surface area contributed by atoms with Crippen LogP contribution in [0.2, 0.25) is 0 Å². The van der Waals surface area contributed by atoms with Crippen molar-refractivity contribution in [1.29, 1.82) is 0 Å². The van der Waals surface area contributed by atoms with Crippen molar-refractivity contribution in [1.82, 2.24) is 10.3 Å². The highest BCUT2D eigenvalue weighted by molar-refractivity contribution is 5.42. The molecule has 1 rings (SSSR count). The zero-order chi connectivity index (χ0) is 12.7. The molecule has 2 N–H and O–H groups in total. The van der Waals surface area contributed by atoms with Gasteiger partial charge in [0.15, 0.2) is 11.5 Å². The molecular formula is C12H20N2O3. The third-order valence-electron chi connectivity index (χ3n) is 2.55. The lowest BCUT2D eigenvalue weighted by Gasteiger charge is -2.15. The van der Waals surface area contributed by atoms with E-state index in [-0.39, 0.29) is 12.6 Å². The molecule has 5 nitrogen and oxygen atoms in total. The minimum atomic E-state index is 0.177. The highest BCUT2D eigenvalue weighted by Crippen LogP contribution is 2.28. The fraction of sp³-hybridized carbons (Fsp3) is 0.583. The number of nitrogens with one attached hydrogen (secondary N) is 1. The van der Waals surface area contributed by atoms with E-state index in [0.29, 0.717) is 24.5 Å². The summed E-state index contributed by atoms with van der Waals surface area (Å²) in [6.45, 7) is 2.78. The molecule has 0 aliphatic heterocycles. The van der Waals surface area contributed by atoms with Crippen LogP contribution in [0.1, 0.15) is 19.0 Å². The molecule has 0 fully saturated rings. The Morgan fingerprint density at radius 1 is 1.41 bits per heavy atom. The van der Waals surface area contributed by atoms with E-state index in [1.54, 1.807) is 26.5 Å². The Kier molecular flexibility index (Phi) is 5.72. The van der Waals surface area contributed by atoms with E-state index in [1.807, 2.05) is 6.92 Å². The number of aliphatic hydroxyl groups is 1. The third kappa shape index (κ3) is 3.87. The van der Waals surface area contributed by atoms with Gasteiger partial charge in [-0.3, -0.25) is 4.98 Å². The Hall–Kier alpha value is -1.33. The summed E-state index contributed by atoms with van der Waals surface area (Å²) in [5, 5.41) is 12.1. The van der Waals surface area contributed by atoms with Crippen molar-refractivity contribution < 1.29 is 14.6 Å². The standard InChI is InChI=1S/C12H20N2O3/c1-9(5-7-15)14-8-10-12(17-3)11(16-2)4-6-13-10/h4,6,9,14-15H,5,7-8H2,1-3H3. The number of ether oxygens (including phenoxy) is 2. The summed E-state index contributed by atoms with van der Waals surface area (Å²) >= 11 is 0. The Balaban J connectivity index is 2.70. The van der Waals surface area contributed by atoms with Crippen molar-refractivity contribution in [2.45, 2.75) is 25.9 Å². The second kappa shape index (κ2) is 7.09. The van der Waals surface area contributed by atoms with Crippen molar-refractivity contribution in [3.63, 3.8) is 0 Å². The summed E-state index contributed by atoms with van der Waals surface area (Å²) < 4.78 is 10.5. The fourth-order valence-electron chi connectivity index (χ4n) is 1.54. The van der Waals surface area contributed by atoms with E-state index in [1.165, 1.54) is 0 Å². The monoisotopic (exact) mass is 240 g/mol.